The number of hydrogen-bond donors (Lipinski definition) is 2. The van der Waals surface area contributed by atoms with E-state index in [9.17, 15) is 9.59 Å². The summed E-state index contributed by atoms with van der Waals surface area (Å²) in [5, 5.41) is 5.26. The molecule has 0 aliphatic carbocycles. The number of rotatable bonds is 4. The summed E-state index contributed by atoms with van der Waals surface area (Å²) in [4.78, 5) is 26.6. The van der Waals surface area contributed by atoms with Crippen LogP contribution in [-0.4, -0.2) is 45.2 Å². The molecule has 1 aliphatic heterocycles. The monoisotopic (exact) mass is 355 g/mol. The Hall–Kier alpha value is -3.06. The zero-order valence-electron chi connectivity index (χ0n) is 14.5. The van der Waals surface area contributed by atoms with Crippen LogP contribution >= 0.6 is 0 Å². The van der Waals surface area contributed by atoms with Gasteiger partial charge in [-0.05, 0) is 36.4 Å². The van der Waals surface area contributed by atoms with Gasteiger partial charge in [0.25, 0.3) is 0 Å². The van der Waals surface area contributed by atoms with Crippen LogP contribution in [0, 0.1) is 0 Å². The van der Waals surface area contributed by atoms with Crippen molar-refractivity contribution >= 4 is 28.9 Å². The van der Waals surface area contributed by atoms with Gasteiger partial charge in [0.2, 0.25) is 0 Å². The van der Waals surface area contributed by atoms with Gasteiger partial charge in [0, 0.05) is 18.8 Å². The van der Waals surface area contributed by atoms with E-state index in [0.29, 0.717) is 30.3 Å². The Morgan fingerprint density at radius 1 is 0.962 bits per heavy atom. The fraction of sp³-hybridized carbons (Fsp3) is 0.263. The highest BCUT2D eigenvalue weighted by Crippen LogP contribution is 2.26. The molecular formula is C19H21N3O4. The van der Waals surface area contributed by atoms with Crippen molar-refractivity contribution in [2.24, 2.45) is 0 Å². The van der Waals surface area contributed by atoms with Gasteiger partial charge in [-0.3, -0.25) is 9.59 Å². The summed E-state index contributed by atoms with van der Waals surface area (Å²) < 4.78 is 10.4. The van der Waals surface area contributed by atoms with E-state index in [2.05, 4.69) is 15.5 Å². The molecule has 3 rings (SSSR count). The molecule has 2 amide bonds. The minimum Gasteiger partial charge on any atom is -0.497 e. The van der Waals surface area contributed by atoms with Crippen LogP contribution < -0.4 is 20.3 Å². The Kier molecular flexibility index (Phi) is 5.70. The Morgan fingerprint density at radius 3 is 2.31 bits per heavy atom. The van der Waals surface area contributed by atoms with Crippen molar-refractivity contribution in [3.05, 3.63) is 48.5 Å². The molecule has 1 heterocycles. The lowest BCUT2D eigenvalue weighted by Gasteiger charge is -2.30. The van der Waals surface area contributed by atoms with Crippen LogP contribution in [0.25, 0.3) is 0 Å². The topological polar surface area (TPSA) is 79.9 Å². The number of methoxy groups -OCH3 is 1. The van der Waals surface area contributed by atoms with E-state index in [4.69, 9.17) is 9.47 Å². The summed E-state index contributed by atoms with van der Waals surface area (Å²) in [6, 6.07) is 14.2. The number of nitrogens with one attached hydrogen (secondary N) is 2. The number of ether oxygens (including phenoxy) is 2. The second kappa shape index (κ2) is 8.35. The molecule has 7 heteroatoms. The maximum Gasteiger partial charge on any atom is 0.314 e. The molecule has 0 saturated carbocycles. The minimum absolute atomic E-state index is 0.521. The molecule has 0 bridgehead atoms. The van der Waals surface area contributed by atoms with Crippen LogP contribution in [0.4, 0.5) is 17.1 Å². The largest absolute Gasteiger partial charge is 0.497 e. The predicted molar refractivity (Wildman–Crippen MR) is 99.7 cm³/mol. The molecular weight excluding hydrogens is 334 g/mol. The number of carbonyl (C=O) groups is 2. The second-order valence-corrected chi connectivity index (χ2v) is 5.75. The maximum atomic E-state index is 12.3. The third-order valence-electron chi connectivity index (χ3n) is 4.06. The summed E-state index contributed by atoms with van der Waals surface area (Å²) in [6.07, 6.45) is 0. The van der Waals surface area contributed by atoms with Crippen molar-refractivity contribution in [1.29, 1.82) is 0 Å². The lowest BCUT2D eigenvalue weighted by Crippen LogP contribution is -2.37. The van der Waals surface area contributed by atoms with E-state index in [1.54, 1.807) is 37.4 Å². The third kappa shape index (κ3) is 4.31. The molecule has 26 heavy (non-hydrogen) atoms. The minimum atomic E-state index is -0.730. The van der Waals surface area contributed by atoms with Crippen LogP contribution in [-0.2, 0) is 14.3 Å². The molecule has 0 spiro atoms. The zero-order chi connectivity index (χ0) is 18.4. The van der Waals surface area contributed by atoms with Crippen molar-refractivity contribution in [2.75, 3.05) is 48.9 Å². The summed E-state index contributed by atoms with van der Waals surface area (Å²) >= 11 is 0. The Morgan fingerprint density at radius 2 is 1.62 bits per heavy atom. The van der Waals surface area contributed by atoms with Crippen molar-refractivity contribution < 1.29 is 19.1 Å². The lowest BCUT2D eigenvalue weighted by atomic mass is 10.2. The van der Waals surface area contributed by atoms with Crippen molar-refractivity contribution in [1.82, 2.24) is 0 Å². The smallest absolute Gasteiger partial charge is 0.314 e. The summed E-state index contributed by atoms with van der Waals surface area (Å²) in [6.45, 7) is 2.76. The van der Waals surface area contributed by atoms with Crippen molar-refractivity contribution in [3.8, 4) is 5.75 Å². The highest BCUT2D eigenvalue weighted by Gasteiger charge is 2.19. The molecule has 2 aromatic rings. The van der Waals surface area contributed by atoms with E-state index < -0.39 is 11.8 Å². The number of anilines is 3. The molecule has 0 radical (unpaired) electrons. The average Bonchev–Trinajstić information content (AvgIpc) is 2.69. The van der Waals surface area contributed by atoms with E-state index in [0.717, 1.165) is 18.8 Å². The normalized spacial score (nSPS) is 13.8. The SMILES string of the molecule is COc1ccc(NC(=O)C(=O)Nc2ccccc2N2CCOCC2)cc1. The molecule has 2 N–H and O–H groups in total. The number of para-hydroxylation sites is 2. The number of benzene rings is 2. The number of nitrogens with zero attached hydrogens (tertiary/aromatic N) is 1. The van der Waals surface area contributed by atoms with Gasteiger partial charge in [-0.15, -0.1) is 0 Å². The van der Waals surface area contributed by atoms with Crippen LogP contribution in [0.5, 0.6) is 5.75 Å². The van der Waals surface area contributed by atoms with Crippen molar-refractivity contribution in [2.45, 2.75) is 0 Å². The number of amides is 2. The van der Waals surface area contributed by atoms with Crippen molar-refractivity contribution in [3.63, 3.8) is 0 Å². The average molecular weight is 355 g/mol. The lowest BCUT2D eigenvalue weighted by molar-refractivity contribution is -0.132. The van der Waals surface area contributed by atoms with Gasteiger partial charge in [0.05, 0.1) is 31.7 Å². The first-order valence-electron chi connectivity index (χ1n) is 8.35. The third-order valence-corrected chi connectivity index (χ3v) is 4.06. The van der Waals surface area contributed by atoms with E-state index in [1.165, 1.54) is 0 Å². The molecule has 136 valence electrons. The molecule has 0 unspecified atom stereocenters. The van der Waals surface area contributed by atoms with E-state index in [1.807, 2.05) is 18.2 Å². The number of carbonyl (C=O) groups excluding carboxylic acids is 2. The van der Waals surface area contributed by atoms with Crippen LogP contribution in [0.2, 0.25) is 0 Å². The highest BCUT2D eigenvalue weighted by atomic mass is 16.5. The number of hydrogen-bond acceptors (Lipinski definition) is 5. The van der Waals surface area contributed by atoms with Gasteiger partial charge in [-0.2, -0.15) is 0 Å². The quantitative estimate of drug-likeness (QED) is 0.821. The second-order valence-electron chi connectivity index (χ2n) is 5.75. The Balaban J connectivity index is 1.66. The highest BCUT2D eigenvalue weighted by molar-refractivity contribution is 6.43. The standard InChI is InChI=1S/C19H21N3O4/c1-25-15-8-6-14(7-9-15)20-18(23)19(24)21-16-4-2-3-5-17(16)22-10-12-26-13-11-22/h2-9H,10-13H2,1H3,(H,20,23)(H,21,24). The van der Waals surface area contributed by atoms with Gasteiger partial charge in [-0.25, -0.2) is 0 Å². The summed E-state index contributed by atoms with van der Waals surface area (Å²) in [5.74, 6) is -0.777. The first kappa shape index (κ1) is 17.8. The molecule has 7 nitrogen and oxygen atoms in total. The number of morpholine rings is 1. The Bertz CT molecular complexity index is 771. The fourth-order valence-corrected chi connectivity index (χ4v) is 2.70. The van der Waals surface area contributed by atoms with E-state index in [-0.39, 0.29) is 0 Å². The first-order chi connectivity index (χ1) is 12.7. The van der Waals surface area contributed by atoms with Gasteiger partial charge < -0.3 is 25.0 Å². The van der Waals surface area contributed by atoms with Crippen LogP contribution in [0.15, 0.2) is 48.5 Å². The molecule has 0 aromatic heterocycles. The maximum absolute atomic E-state index is 12.3. The van der Waals surface area contributed by atoms with Gasteiger partial charge in [0.1, 0.15) is 5.75 Å². The van der Waals surface area contributed by atoms with E-state index >= 15 is 0 Å². The summed E-state index contributed by atoms with van der Waals surface area (Å²) in [5.41, 5.74) is 2.00. The van der Waals surface area contributed by atoms with Gasteiger partial charge in [0.15, 0.2) is 0 Å². The first-order valence-corrected chi connectivity index (χ1v) is 8.35. The van der Waals surface area contributed by atoms with Crippen LogP contribution in [0.1, 0.15) is 0 Å². The van der Waals surface area contributed by atoms with Gasteiger partial charge >= 0.3 is 11.8 Å². The molecule has 2 aromatic carbocycles. The summed E-state index contributed by atoms with van der Waals surface area (Å²) in [7, 11) is 1.56. The molecule has 1 saturated heterocycles. The Labute approximate surface area is 151 Å². The predicted octanol–water partition coefficient (Wildman–Crippen LogP) is 2.11. The van der Waals surface area contributed by atoms with Gasteiger partial charge in [-0.1, -0.05) is 12.1 Å². The molecule has 0 atom stereocenters. The molecule has 1 aliphatic rings. The molecule has 1 fully saturated rings. The fourth-order valence-electron chi connectivity index (χ4n) is 2.70. The zero-order valence-corrected chi connectivity index (χ0v) is 14.5. The van der Waals surface area contributed by atoms with Crippen LogP contribution in [0.3, 0.4) is 0 Å².